The first-order valence-electron chi connectivity index (χ1n) is 8.15. The van der Waals surface area contributed by atoms with Gasteiger partial charge in [-0.3, -0.25) is 4.79 Å². The molecule has 1 aromatic heterocycles. The molecule has 0 saturated heterocycles. The molecule has 0 radical (unpaired) electrons. The van der Waals surface area contributed by atoms with Gasteiger partial charge in [0.1, 0.15) is 12.0 Å². The summed E-state index contributed by atoms with van der Waals surface area (Å²) in [4.78, 5) is 20.9. The number of amides is 1. The second-order valence-electron chi connectivity index (χ2n) is 5.96. The standard InChI is InChI=1S/C20H17Cl2N3O/c1-13-4-2-3-5-15(8-6-13)25-20(26)19-11-18(23-12-24-19)14-7-9-16(21)17(22)10-14/h2-5,7,9-12H,6,8H2,1H3,(H,25,26). The molecule has 0 saturated carbocycles. The van der Waals surface area contributed by atoms with Crippen molar-refractivity contribution < 1.29 is 4.79 Å². The molecule has 2 aromatic rings. The quantitative estimate of drug-likeness (QED) is 0.773. The van der Waals surface area contributed by atoms with E-state index in [0.717, 1.165) is 24.1 Å². The molecule has 0 aliphatic heterocycles. The number of rotatable bonds is 3. The van der Waals surface area contributed by atoms with Gasteiger partial charge in [0, 0.05) is 11.3 Å². The van der Waals surface area contributed by atoms with E-state index in [9.17, 15) is 4.79 Å². The van der Waals surface area contributed by atoms with E-state index in [-0.39, 0.29) is 5.91 Å². The number of hydrogen-bond donors (Lipinski definition) is 1. The third kappa shape index (κ3) is 4.59. The molecular formula is C20H17Cl2N3O. The lowest BCUT2D eigenvalue weighted by atomic mass is 10.1. The Morgan fingerprint density at radius 2 is 1.85 bits per heavy atom. The smallest absolute Gasteiger partial charge is 0.274 e. The minimum Gasteiger partial charge on any atom is -0.324 e. The van der Waals surface area contributed by atoms with Crippen LogP contribution in [0.3, 0.4) is 0 Å². The molecule has 3 rings (SSSR count). The van der Waals surface area contributed by atoms with Crippen LogP contribution in [0.4, 0.5) is 0 Å². The molecule has 132 valence electrons. The van der Waals surface area contributed by atoms with Crippen molar-refractivity contribution in [1.29, 1.82) is 0 Å². The summed E-state index contributed by atoms with van der Waals surface area (Å²) in [5, 5.41) is 3.83. The summed E-state index contributed by atoms with van der Waals surface area (Å²) in [6, 6.07) is 6.85. The zero-order valence-corrected chi connectivity index (χ0v) is 15.7. The Morgan fingerprint density at radius 3 is 2.65 bits per heavy atom. The summed E-state index contributed by atoms with van der Waals surface area (Å²) in [7, 11) is 0. The van der Waals surface area contributed by atoms with Gasteiger partial charge in [0.05, 0.1) is 15.7 Å². The third-order valence-corrected chi connectivity index (χ3v) is 4.71. The molecule has 1 aliphatic rings. The molecule has 1 aromatic carbocycles. The minimum absolute atomic E-state index is 0.268. The molecule has 4 nitrogen and oxygen atoms in total. The number of aromatic nitrogens is 2. The molecule has 0 unspecified atom stereocenters. The summed E-state index contributed by atoms with van der Waals surface area (Å²) in [6.07, 6.45) is 10.9. The van der Waals surface area contributed by atoms with Crippen molar-refractivity contribution in [1.82, 2.24) is 15.3 Å². The predicted molar refractivity (Wildman–Crippen MR) is 105 cm³/mol. The van der Waals surface area contributed by atoms with Crippen LogP contribution in [0, 0.1) is 0 Å². The molecule has 0 atom stereocenters. The van der Waals surface area contributed by atoms with Crippen molar-refractivity contribution in [2.75, 3.05) is 0 Å². The van der Waals surface area contributed by atoms with Crippen LogP contribution in [0.25, 0.3) is 11.3 Å². The summed E-state index contributed by atoms with van der Waals surface area (Å²) < 4.78 is 0. The zero-order chi connectivity index (χ0) is 18.5. The molecule has 1 N–H and O–H groups in total. The highest BCUT2D eigenvalue weighted by Crippen LogP contribution is 2.27. The van der Waals surface area contributed by atoms with E-state index in [1.54, 1.807) is 24.3 Å². The lowest BCUT2D eigenvalue weighted by molar-refractivity contribution is 0.0959. The number of carbonyl (C=O) groups excluding carboxylic acids is 1. The molecule has 1 aliphatic carbocycles. The molecule has 6 heteroatoms. The maximum absolute atomic E-state index is 12.6. The molecule has 1 heterocycles. The normalized spacial score (nSPS) is 14.1. The van der Waals surface area contributed by atoms with E-state index in [4.69, 9.17) is 23.2 Å². The lowest BCUT2D eigenvalue weighted by Gasteiger charge is -2.11. The Kier molecular flexibility index (Phi) is 5.86. The van der Waals surface area contributed by atoms with Gasteiger partial charge in [-0.1, -0.05) is 53.1 Å². The van der Waals surface area contributed by atoms with Crippen LogP contribution in [0.1, 0.15) is 30.3 Å². The molecule has 26 heavy (non-hydrogen) atoms. The number of nitrogens with one attached hydrogen (secondary N) is 1. The first kappa shape index (κ1) is 18.4. The van der Waals surface area contributed by atoms with Gasteiger partial charge < -0.3 is 5.32 Å². The fourth-order valence-electron chi connectivity index (χ4n) is 2.50. The Labute approximate surface area is 162 Å². The van der Waals surface area contributed by atoms with Crippen LogP contribution in [0.5, 0.6) is 0 Å². The van der Waals surface area contributed by atoms with Gasteiger partial charge in [0.2, 0.25) is 0 Å². The van der Waals surface area contributed by atoms with Crippen LogP contribution in [0.15, 0.2) is 66.2 Å². The van der Waals surface area contributed by atoms with Gasteiger partial charge >= 0.3 is 0 Å². The highest BCUT2D eigenvalue weighted by Gasteiger charge is 2.12. The van der Waals surface area contributed by atoms with E-state index in [2.05, 4.69) is 28.3 Å². The summed E-state index contributed by atoms with van der Waals surface area (Å²) in [6.45, 7) is 2.07. The average Bonchev–Trinajstić information content (AvgIpc) is 2.63. The number of hydrogen-bond acceptors (Lipinski definition) is 3. The Balaban J connectivity index is 1.79. The number of carbonyl (C=O) groups is 1. The third-order valence-electron chi connectivity index (χ3n) is 3.97. The van der Waals surface area contributed by atoms with Gasteiger partial charge in [-0.25, -0.2) is 9.97 Å². The largest absolute Gasteiger partial charge is 0.324 e. The average molecular weight is 386 g/mol. The SMILES string of the molecule is CC1=CC=CC=C(NC(=O)c2cc(-c3ccc(Cl)c(Cl)c3)ncn2)CC1. The second kappa shape index (κ2) is 8.30. The summed E-state index contributed by atoms with van der Waals surface area (Å²) in [5.41, 5.74) is 3.79. The van der Waals surface area contributed by atoms with Crippen LogP contribution < -0.4 is 5.32 Å². The van der Waals surface area contributed by atoms with Crippen molar-refractivity contribution in [3.8, 4) is 11.3 Å². The highest BCUT2D eigenvalue weighted by atomic mass is 35.5. The molecule has 0 fully saturated rings. The summed E-state index contributed by atoms with van der Waals surface area (Å²) in [5.74, 6) is -0.268. The van der Waals surface area contributed by atoms with Gasteiger partial charge in [-0.05, 0) is 44.0 Å². The van der Waals surface area contributed by atoms with Gasteiger partial charge in [0.15, 0.2) is 0 Å². The van der Waals surface area contributed by atoms with E-state index in [0.29, 0.717) is 21.4 Å². The summed E-state index contributed by atoms with van der Waals surface area (Å²) >= 11 is 12.0. The van der Waals surface area contributed by atoms with Crippen LogP contribution >= 0.6 is 23.2 Å². The molecule has 0 bridgehead atoms. The van der Waals surface area contributed by atoms with Gasteiger partial charge in [-0.2, -0.15) is 0 Å². The predicted octanol–water partition coefficient (Wildman–Crippen LogP) is 5.36. The van der Waals surface area contributed by atoms with Crippen LogP contribution in [-0.4, -0.2) is 15.9 Å². The minimum atomic E-state index is -0.268. The number of allylic oxidation sites excluding steroid dienone is 6. The first-order chi connectivity index (χ1) is 12.5. The lowest BCUT2D eigenvalue weighted by Crippen LogP contribution is -2.24. The highest BCUT2D eigenvalue weighted by molar-refractivity contribution is 6.42. The number of benzene rings is 1. The number of halogens is 2. The van der Waals surface area contributed by atoms with Crippen molar-refractivity contribution in [3.63, 3.8) is 0 Å². The van der Waals surface area contributed by atoms with Crippen molar-refractivity contribution in [2.45, 2.75) is 19.8 Å². The maximum Gasteiger partial charge on any atom is 0.274 e. The first-order valence-corrected chi connectivity index (χ1v) is 8.90. The molecule has 1 amide bonds. The molecular weight excluding hydrogens is 369 g/mol. The zero-order valence-electron chi connectivity index (χ0n) is 14.2. The Hall–Kier alpha value is -2.43. The van der Waals surface area contributed by atoms with E-state index in [1.807, 2.05) is 18.2 Å². The topological polar surface area (TPSA) is 54.9 Å². The van der Waals surface area contributed by atoms with Crippen molar-refractivity contribution in [2.24, 2.45) is 0 Å². The molecule has 0 spiro atoms. The van der Waals surface area contributed by atoms with Gasteiger partial charge in [-0.15, -0.1) is 0 Å². The number of nitrogens with zero attached hydrogens (tertiary/aromatic N) is 2. The monoisotopic (exact) mass is 385 g/mol. The van der Waals surface area contributed by atoms with Crippen molar-refractivity contribution >= 4 is 29.1 Å². The maximum atomic E-state index is 12.6. The Morgan fingerprint density at radius 1 is 1.04 bits per heavy atom. The van der Waals surface area contributed by atoms with Crippen molar-refractivity contribution in [3.05, 3.63) is 81.9 Å². The second-order valence-corrected chi connectivity index (χ2v) is 6.78. The van der Waals surface area contributed by atoms with Gasteiger partial charge in [0.25, 0.3) is 5.91 Å². The van der Waals surface area contributed by atoms with E-state index in [1.165, 1.54) is 11.9 Å². The van der Waals surface area contributed by atoms with E-state index < -0.39 is 0 Å². The fraction of sp³-hybridized carbons (Fsp3) is 0.150. The van der Waals surface area contributed by atoms with Crippen LogP contribution in [-0.2, 0) is 0 Å². The Bertz CT molecular complexity index is 932. The fourth-order valence-corrected chi connectivity index (χ4v) is 2.80. The van der Waals surface area contributed by atoms with E-state index >= 15 is 0 Å². The van der Waals surface area contributed by atoms with Crippen LogP contribution in [0.2, 0.25) is 10.0 Å².